The molecule has 2 aliphatic carbocycles. The molecular weight excluding hydrogens is 824 g/mol. The second kappa shape index (κ2) is 31.7. The first kappa shape index (κ1) is 55.9. The van der Waals surface area contributed by atoms with Crippen LogP contribution in [0.3, 0.4) is 0 Å². The highest BCUT2D eigenvalue weighted by molar-refractivity contribution is 7.19. The van der Waals surface area contributed by atoms with Crippen LogP contribution in [0, 0.1) is 5.82 Å². The molecule has 0 bridgehead atoms. The van der Waals surface area contributed by atoms with Crippen LogP contribution in [0.15, 0.2) is 36.9 Å². The monoisotopic (exact) mass is 899 g/mol. The van der Waals surface area contributed by atoms with Crippen LogP contribution in [0.2, 0.25) is 0 Å². The molecule has 4 N–H and O–H groups in total. The number of rotatable bonds is 8. The topological polar surface area (TPSA) is 175 Å². The average Bonchev–Trinajstić information content (AvgIpc) is 4.18. The number of benzene rings is 1. The molecule has 352 valence electrons. The van der Waals surface area contributed by atoms with Crippen LogP contribution in [0.25, 0.3) is 32.3 Å². The Bertz CT molecular complexity index is 1870. The number of likely N-dealkylation sites (tertiary alicyclic amines) is 1. The van der Waals surface area contributed by atoms with Gasteiger partial charge in [-0.15, -0.1) is 11.3 Å². The normalized spacial score (nSPS) is 13.6. The van der Waals surface area contributed by atoms with Gasteiger partial charge in [-0.25, -0.2) is 29.0 Å². The fourth-order valence-electron chi connectivity index (χ4n) is 6.84. The zero-order chi connectivity index (χ0) is 47.3. The maximum absolute atomic E-state index is 15.4. The molecule has 0 unspecified atom stereocenters. The lowest BCUT2D eigenvalue weighted by molar-refractivity contribution is -0.129. The summed E-state index contributed by atoms with van der Waals surface area (Å²) in [6.07, 6.45) is 17.3. The van der Waals surface area contributed by atoms with E-state index in [1.54, 1.807) is 40.7 Å². The molecule has 2 fully saturated rings. The first-order chi connectivity index (χ1) is 30.5. The SMILES string of the molecule is C=O.CC.CC.CCC.COC(=O)NCC(=O)N1CCCC1.COC(=O)NN(C)C(C)C.Fc1cc(-c2cnc(C3CCCCC3)[nH]2)ccc1-c1sc(-c2cnc[nH]2)c2c1CCC2. The van der Waals surface area contributed by atoms with Crippen LogP contribution in [0.1, 0.15) is 136 Å². The highest BCUT2D eigenvalue weighted by atomic mass is 32.1. The number of amides is 3. The van der Waals surface area contributed by atoms with Gasteiger partial charge in [0.1, 0.15) is 25.0 Å². The molecule has 63 heavy (non-hydrogen) atoms. The fraction of sp³-hybridized carbons (Fsp3) is 0.574. The number of carbonyl (C=O) groups excluding carboxylic acids is 4. The summed E-state index contributed by atoms with van der Waals surface area (Å²) < 4.78 is 24.1. The highest BCUT2D eigenvalue weighted by Crippen LogP contribution is 2.46. The number of nitrogens with zero attached hydrogens (tertiary/aromatic N) is 4. The maximum Gasteiger partial charge on any atom is 0.421 e. The van der Waals surface area contributed by atoms with Crippen molar-refractivity contribution in [2.45, 2.75) is 138 Å². The average molecular weight is 899 g/mol. The van der Waals surface area contributed by atoms with Crippen molar-refractivity contribution < 1.29 is 33.0 Å². The number of thiophene rings is 1. The van der Waals surface area contributed by atoms with Gasteiger partial charge >= 0.3 is 12.2 Å². The Morgan fingerprint density at radius 3 is 2.05 bits per heavy atom. The number of ether oxygens (including phenoxy) is 2. The Labute approximate surface area is 379 Å². The summed E-state index contributed by atoms with van der Waals surface area (Å²) in [4.78, 5) is 60.0. The largest absolute Gasteiger partial charge is 0.453 e. The summed E-state index contributed by atoms with van der Waals surface area (Å²) in [6.45, 7) is 19.8. The third kappa shape index (κ3) is 17.9. The number of methoxy groups -OCH3 is 2. The summed E-state index contributed by atoms with van der Waals surface area (Å²) in [7, 11) is 4.39. The second-order valence-electron chi connectivity index (χ2n) is 14.7. The number of halogens is 1. The number of aromatic nitrogens is 4. The lowest BCUT2D eigenvalue weighted by Crippen LogP contribution is -2.43. The van der Waals surface area contributed by atoms with Crippen molar-refractivity contribution in [1.82, 2.24) is 40.6 Å². The zero-order valence-electron chi connectivity index (χ0n) is 39.7. The van der Waals surface area contributed by atoms with Gasteiger partial charge in [0.05, 0.1) is 49.2 Å². The smallest absolute Gasteiger partial charge is 0.421 e. The van der Waals surface area contributed by atoms with Gasteiger partial charge in [0, 0.05) is 48.1 Å². The van der Waals surface area contributed by atoms with Gasteiger partial charge in [0.2, 0.25) is 5.91 Å². The van der Waals surface area contributed by atoms with Gasteiger partial charge < -0.3 is 34.5 Å². The minimum Gasteiger partial charge on any atom is -0.453 e. The Hall–Kier alpha value is -5.09. The van der Waals surface area contributed by atoms with Crippen molar-refractivity contribution in [3.05, 3.63) is 59.7 Å². The molecule has 3 aliphatic rings. The van der Waals surface area contributed by atoms with E-state index in [1.165, 1.54) is 68.7 Å². The molecule has 0 radical (unpaired) electrons. The number of H-pyrrole nitrogens is 2. The number of aromatic amines is 2. The van der Waals surface area contributed by atoms with Crippen LogP contribution in [0.4, 0.5) is 14.0 Å². The number of hydrogen-bond acceptors (Lipinski definition) is 10. The van der Waals surface area contributed by atoms with E-state index in [0.29, 0.717) is 11.5 Å². The maximum atomic E-state index is 15.4. The minimum absolute atomic E-state index is 0.0344. The fourth-order valence-corrected chi connectivity index (χ4v) is 8.23. The van der Waals surface area contributed by atoms with E-state index in [1.807, 2.05) is 72.9 Å². The molecule has 1 aliphatic heterocycles. The Balaban J connectivity index is 0.000000516. The minimum atomic E-state index is -0.562. The Morgan fingerprint density at radius 2 is 1.51 bits per heavy atom. The predicted molar refractivity (Wildman–Crippen MR) is 253 cm³/mol. The van der Waals surface area contributed by atoms with Crippen molar-refractivity contribution in [3.63, 3.8) is 0 Å². The van der Waals surface area contributed by atoms with Crippen LogP contribution >= 0.6 is 11.3 Å². The molecule has 3 amide bonds. The van der Waals surface area contributed by atoms with Gasteiger partial charge in [-0.05, 0) is 82.1 Å². The molecule has 4 heterocycles. The molecule has 1 saturated carbocycles. The summed E-state index contributed by atoms with van der Waals surface area (Å²) in [5.74, 6) is 1.36. The van der Waals surface area contributed by atoms with Crippen LogP contribution in [0.5, 0.6) is 0 Å². The Morgan fingerprint density at radius 1 is 0.905 bits per heavy atom. The molecule has 0 atom stereocenters. The number of hydrogen-bond donors (Lipinski definition) is 4. The molecule has 1 aromatic carbocycles. The van der Waals surface area contributed by atoms with Gasteiger partial charge in [0.15, 0.2) is 0 Å². The summed E-state index contributed by atoms with van der Waals surface area (Å²) >= 11 is 1.68. The third-order valence-corrected chi connectivity index (χ3v) is 11.4. The van der Waals surface area contributed by atoms with E-state index >= 15 is 4.39 Å². The number of alkyl carbamates (subject to hydrolysis) is 1. The Kier molecular flexibility index (Phi) is 28.1. The molecule has 4 aromatic rings. The number of carbonyl (C=O) groups is 4. The van der Waals surface area contributed by atoms with Crippen molar-refractivity contribution in [2.24, 2.45) is 0 Å². The first-order valence-corrected chi connectivity index (χ1v) is 23.3. The van der Waals surface area contributed by atoms with Gasteiger partial charge in [-0.1, -0.05) is 73.3 Å². The third-order valence-electron chi connectivity index (χ3n) is 10.1. The van der Waals surface area contributed by atoms with Gasteiger partial charge in [0.25, 0.3) is 0 Å². The second-order valence-corrected chi connectivity index (χ2v) is 15.7. The molecule has 1 saturated heterocycles. The number of fused-ring (bicyclic) bond motifs is 1. The summed E-state index contributed by atoms with van der Waals surface area (Å²) in [6, 6.07) is 5.89. The van der Waals surface area contributed by atoms with E-state index < -0.39 is 12.2 Å². The first-order valence-electron chi connectivity index (χ1n) is 22.4. The molecule has 16 heteroatoms. The van der Waals surface area contributed by atoms with Crippen LogP contribution in [-0.2, 0) is 31.9 Å². The lowest BCUT2D eigenvalue weighted by Gasteiger charge is -2.20. The lowest BCUT2D eigenvalue weighted by atomic mass is 9.89. The molecule has 3 aromatic heterocycles. The number of nitrogens with one attached hydrogen (secondary N) is 4. The molecule has 14 nitrogen and oxygen atoms in total. The van der Waals surface area contributed by atoms with Crippen molar-refractivity contribution in [3.8, 4) is 32.3 Å². The van der Waals surface area contributed by atoms with Crippen molar-refractivity contribution in [1.29, 1.82) is 0 Å². The van der Waals surface area contributed by atoms with E-state index in [-0.39, 0.29) is 24.3 Å². The highest BCUT2D eigenvalue weighted by Gasteiger charge is 2.26. The van der Waals surface area contributed by atoms with Crippen molar-refractivity contribution in [2.75, 3.05) is 40.9 Å². The van der Waals surface area contributed by atoms with Gasteiger partial charge in [-0.2, -0.15) is 0 Å². The van der Waals surface area contributed by atoms with Gasteiger partial charge in [-0.3, -0.25) is 10.2 Å². The van der Waals surface area contributed by atoms with E-state index in [4.69, 9.17) is 4.79 Å². The quantitative estimate of drug-likeness (QED) is 0.125. The predicted octanol–water partition coefficient (Wildman–Crippen LogP) is 10.7. The standard InChI is InChI=1S/C25H25FN4S.C8H14N2O3.C6H14N2O2.C3H8.2C2H6.CH2O/c26-20-11-16(21-13-28-25(30-21)15-5-2-1-3-6-15)9-10-19(20)23-17-7-4-8-18(17)24(31-23)22-12-27-14-29-22;1-13-8(12)9-6-7(11)10-4-2-3-5-10;1-5(2)8(3)7-6(9)10-4;1-3-2;3*1-2/h9-15H,1-8H2,(H,27,29)(H,28,30);2-6H2,1H3,(H,9,12);5H,1-4H3,(H,7,9);3H2,1-2H3;2*1-2H3;1H2. The van der Waals surface area contributed by atoms with Crippen LogP contribution in [-0.4, -0.2) is 102 Å². The summed E-state index contributed by atoms with van der Waals surface area (Å²) in [5.41, 5.74) is 8.66. The number of imidazole rings is 2. The van der Waals surface area contributed by atoms with E-state index in [2.05, 4.69) is 54.0 Å². The summed E-state index contributed by atoms with van der Waals surface area (Å²) in [5, 5.41) is 4.03. The van der Waals surface area contributed by atoms with Crippen molar-refractivity contribution >= 4 is 36.2 Å². The molecular formula is C47H75FN8O6S. The van der Waals surface area contributed by atoms with E-state index in [9.17, 15) is 14.4 Å². The zero-order valence-corrected chi connectivity index (χ0v) is 40.6. The number of hydrazine groups is 1. The molecule has 7 rings (SSSR count). The van der Waals surface area contributed by atoms with E-state index in [0.717, 1.165) is 72.8 Å². The molecule has 0 spiro atoms. The van der Waals surface area contributed by atoms with Crippen LogP contribution < -0.4 is 10.7 Å².